The second-order valence-corrected chi connectivity index (χ2v) is 6.24. The summed E-state index contributed by atoms with van der Waals surface area (Å²) in [6.45, 7) is 5.51. The smallest absolute Gasteiger partial charge is 0.261 e. The summed E-state index contributed by atoms with van der Waals surface area (Å²) in [5.41, 5.74) is 1.25. The quantitative estimate of drug-likeness (QED) is 0.775. The molecule has 0 unspecified atom stereocenters. The molecule has 2 aromatic rings. The monoisotopic (exact) mass is 372 g/mol. The van der Waals surface area contributed by atoms with Gasteiger partial charge in [-0.05, 0) is 38.5 Å². The van der Waals surface area contributed by atoms with E-state index in [4.69, 9.17) is 4.74 Å². The third-order valence-corrected chi connectivity index (χ3v) is 4.26. The van der Waals surface area contributed by atoms with Crippen LogP contribution in [0, 0.1) is 12.7 Å². The third kappa shape index (κ3) is 5.54. The highest BCUT2D eigenvalue weighted by molar-refractivity contribution is 5.87. The number of carbonyl (C=O) groups excluding carboxylic acids is 2. The summed E-state index contributed by atoms with van der Waals surface area (Å²) in [7, 11) is 0. The van der Waals surface area contributed by atoms with Crippen molar-refractivity contribution in [3.8, 4) is 5.75 Å². The number of benzene rings is 2. The van der Waals surface area contributed by atoms with E-state index >= 15 is 0 Å². The van der Waals surface area contributed by atoms with E-state index in [-0.39, 0.29) is 25.0 Å². The van der Waals surface area contributed by atoms with Crippen LogP contribution in [0.2, 0.25) is 0 Å². The Morgan fingerprint density at radius 3 is 2.48 bits per heavy atom. The van der Waals surface area contributed by atoms with Gasteiger partial charge in [-0.1, -0.05) is 36.4 Å². The summed E-state index contributed by atoms with van der Waals surface area (Å²) >= 11 is 0. The molecule has 0 saturated carbocycles. The first-order valence-electron chi connectivity index (χ1n) is 8.93. The van der Waals surface area contributed by atoms with Gasteiger partial charge in [-0.15, -0.1) is 0 Å². The first-order chi connectivity index (χ1) is 12.9. The standard InChI is InChI=1S/C21H25FN2O3/c1-4-23-21(26)16(3)24(13-17-10-6-7-11-18(17)22)20(25)14-27-19-12-8-5-9-15(19)2/h5-12,16H,4,13-14H2,1-3H3,(H,23,26)/t16-/m1/s1. The molecule has 0 heterocycles. The average molecular weight is 372 g/mol. The van der Waals surface area contributed by atoms with Crippen molar-refractivity contribution in [1.82, 2.24) is 10.2 Å². The van der Waals surface area contributed by atoms with E-state index in [0.29, 0.717) is 17.9 Å². The van der Waals surface area contributed by atoms with E-state index in [2.05, 4.69) is 5.32 Å². The van der Waals surface area contributed by atoms with Crippen molar-refractivity contribution in [3.63, 3.8) is 0 Å². The van der Waals surface area contributed by atoms with E-state index < -0.39 is 11.9 Å². The number of para-hydroxylation sites is 1. The summed E-state index contributed by atoms with van der Waals surface area (Å²) in [6.07, 6.45) is 0. The minimum atomic E-state index is -0.752. The Labute approximate surface area is 159 Å². The van der Waals surface area contributed by atoms with Crippen molar-refractivity contribution in [2.75, 3.05) is 13.2 Å². The molecule has 2 aromatic carbocycles. The molecule has 0 fully saturated rings. The van der Waals surface area contributed by atoms with Crippen molar-refractivity contribution in [3.05, 3.63) is 65.5 Å². The second kappa shape index (κ2) is 9.71. The minimum absolute atomic E-state index is 0.0130. The molecule has 0 saturated heterocycles. The number of hydrogen-bond acceptors (Lipinski definition) is 3. The van der Waals surface area contributed by atoms with Crippen molar-refractivity contribution in [2.24, 2.45) is 0 Å². The van der Waals surface area contributed by atoms with E-state index in [1.54, 1.807) is 38.1 Å². The molecule has 0 spiro atoms. The number of halogens is 1. The number of rotatable bonds is 8. The molecule has 6 heteroatoms. The molecule has 5 nitrogen and oxygen atoms in total. The zero-order chi connectivity index (χ0) is 19.8. The van der Waals surface area contributed by atoms with Gasteiger partial charge in [0.05, 0.1) is 0 Å². The fraction of sp³-hybridized carbons (Fsp3) is 0.333. The lowest BCUT2D eigenvalue weighted by Crippen LogP contribution is -2.49. The predicted octanol–water partition coefficient (Wildman–Crippen LogP) is 3.07. The largest absolute Gasteiger partial charge is 0.484 e. The van der Waals surface area contributed by atoms with Gasteiger partial charge in [0.2, 0.25) is 5.91 Å². The van der Waals surface area contributed by atoms with Crippen LogP contribution in [0.1, 0.15) is 25.0 Å². The Balaban J connectivity index is 2.17. The predicted molar refractivity (Wildman–Crippen MR) is 102 cm³/mol. The van der Waals surface area contributed by atoms with E-state index in [1.807, 2.05) is 25.1 Å². The summed E-state index contributed by atoms with van der Waals surface area (Å²) in [6, 6.07) is 12.8. The highest BCUT2D eigenvalue weighted by Crippen LogP contribution is 2.17. The first-order valence-corrected chi connectivity index (χ1v) is 8.93. The molecule has 0 aliphatic rings. The van der Waals surface area contributed by atoms with Crippen molar-refractivity contribution < 1.29 is 18.7 Å². The summed E-state index contributed by atoms with van der Waals surface area (Å²) in [5, 5.41) is 2.70. The lowest BCUT2D eigenvalue weighted by atomic mass is 10.1. The van der Waals surface area contributed by atoms with Crippen LogP contribution in [0.4, 0.5) is 4.39 Å². The van der Waals surface area contributed by atoms with Gasteiger partial charge in [-0.3, -0.25) is 9.59 Å². The van der Waals surface area contributed by atoms with Crippen molar-refractivity contribution >= 4 is 11.8 Å². The maximum Gasteiger partial charge on any atom is 0.261 e. The molecule has 2 rings (SSSR count). The number of nitrogens with one attached hydrogen (secondary N) is 1. The van der Waals surface area contributed by atoms with Crippen LogP contribution < -0.4 is 10.1 Å². The molecule has 144 valence electrons. The van der Waals surface area contributed by atoms with Gasteiger partial charge in [0.25, 0.3) is 5.91 Å². The number of carbonyl (C=O) groups is 2. The maximum absolute atomic E-state index is 14.1. The van der Waals surface area contributed by atoms with Crippen molar-refractivity contribution in [1.29, 1.82) is 0 Å². The third-order valence-electron chi connectivity index (χ3n) is 4.26. The molecular weight excluding hydrogens is 347 g/mol. The molecule has 1 N–H and O–H groups in total. The van der Waals surface area contributed by atoms with Crippen LogP contribution in [0.5, 0.6) is 5.75 Å². The van der Waals surface area contributed by atoms with Gasteiger partial charge in [0.15, 0.2) is 6.61 Å². The lowest BCUT2D eigenvalue weighted by molar-refractivity contribution is -0.142. The van der Waals surface area contributed by atoms with Gasteiger partial charge in [0, 0.05) is 18.7 Å². The van der Waals surface area contributed by atoms with Crippen LogP contribution in [0.15, 0.2) is 48.5 Å². The second-order valence-electron chi connectivity index (χ2n) is 6.24. The summed E-state index contributed by atoms with van der Waals surface area (Å²) < 4.78 is 19.7. The van der Waals surface area contributed by atoms with E-state index in [1.165, 1.54) is 11.0 Å². The summed E-state index contributed by atoms with van der Waals surface area (Å²) in [5.74, 6) is -0.501. The number of aryl methyl sites for hydroxylation is 1. The molecule has 0 radical (unpaired) electrons. The fourth-order valence-electron chi connectivity index (χ4n) is 2.66. The van der Waals surface area contributed by atoms with Crippen molar-refractivity contribution in [2.45, 2.75) is 33.4 Å². The van der Waals surface area contributed by atoms with Crippen LogP contribution in [-0.4, -0.2) is 35.9 Å². The highest BCUT2D eigenvalue weighted by atomic mass is 19.1. The van der Waals surface area contributed by atoms with E-state index in [9.17, 15) is 14.0 Å². The Kier molecular flexibility index (Phi) is 7.34. The zero-order valence-electron chi connectivity index (χ0n) is 15.9. The van der Waals surface area contributed by atoms with Gasteiger partial charge in [-0.2, -0.15) is 0 Å². The molecule has 0 aliphatic carbocycles. The Morgan fingerprint density at radius 2 is 1.81 bits per heavy atom. The average Bonchev–Trinajstić information content (AvgIpc) is 2.66. The highest BCUT2D eigenvalue weighted by Gasteiger charge is 2.27. The Hall–Kier alpha value is -2.89. The Bertz CT molecular complexity index is 795. The van der Waals surface area contributed by atoms with Gasteiger partial charge in [0.1, 0.15) is 17.6 Å². The van der Waals surface area contributed by atoms with Crippen LogP contribution in [0.3, 0.4) is 0 Å². The number of nitrogens with zero attached hydrogens (tertiary/aromatic N) is 1. The molecule has 0 aromatic heterocycles. The van der Waals surface area contributed by atoms with Crippen LogP contribution in [-0.2, 0) is 16.1 Å². The minimum Gasteiger partial charge on any atom is -0.484 e. The molecule has 0 bridgehead atoms. The number of likely N-dealkylation sites (N-methyl/N-ethyl adjacent to an activating group) is 1. The maximum atomic E-state index is 14.1. The Morgan fingerprint density at radius 1 is 1.15 bits per heavy atom. The fourth-order valence-corrected chi connectivity index (χ4v) is 2.66. The van der Waals surface area contributed by atoms with Crippen LogP contribution >= 0.6 is 0 Å². The number of ether oxygens (including phenoxy) is 1. The normalized spacial score (nSPS) is 11.6. The SMILES string of the molecule is CCNC(=O)[C@@H](C)N(Cc1ccccc1F)C(=O)COc1ccccc1C. The first kappa shape index (κ1) is 20.4. The zero-order valence-corrected chi connectivity index (χ0v) is 15.9. The lowest BCUT2D eigenvalue weighted by Gasteiger charge is -2.28. The molecule has 1 atom stereocenters. The summed E-state index contributed by atoms with van der Waals surface area (Å²) in [4.78, 5) is 26.4. The molecule has 2 amide bonds. The molecule has 27 heavy (non-hydrogen) atoms. The van der Waals surface area contributed by atoms with Crippen LogP contribution in [0.25, 0.3) is 0 Å². The van der Waals surface area contributed by atoms with Gasteiger partial charge >= 0.3 is 0 Å². The number of hydrogen-bond donors (Lipinski definition) is 1. The van der Waals surface area contributed by atoms with Gasteiger partial charge < -0.3 is 15.0 Å². The molecular formula is C21H25FN2O3. The molecule has 0 aliphatic heterocycles. The van der Waals surface area contributed by atoms with E-state index in [0.717, 1.165) is 5.56 Å². The van der Waals surface area contributed by atoms with Gasteiger partial charge in [-0.25, -0.2) is 4.39 Å². The topological polar surface area (TPSA) is 58.6 Å². The number of amides is 2.